The molecule has 1 aromatic rings. The highest BCUT2D eigenvalue weighted by Gasteiger charge is 2.48. The number of nitrogens with zero attached hydrogens (tertiary/aromatic N) is 2. The Kier molecular flexibility index (Phi) is 4.15. The summed E-state index contributed by atoms with van der Waals surface area (Å²) in [6, 6.07) is 0.770. The molecule has 0 aliphatic carbocycles. The van der Waals surface area contributed by atoms with Crippen molar-refractivity contribution in [3.05, 3.63) is 24.2 Å². The Morgan fingerprint density at radius 3 is 2.65 bits per heavy atom. The molecule has 2 aliphatic rings. The molecule has 0 unspecified atom stereocenters. The molecular weight excluding hydrogens is 324 g/mol. The van der Waals surface area contributed by atoms with E-state index >= 15 is 0 Å². The van der Waals surface area contributed by atoms with Crippen molar-refractivity contribution >= 4 is 21.7 Å². The molecular formula is C14H18N2O6S. The van der Waals surface area contributed by atoms with Crippen LogP contribution >= 0.6 is 0 Å². The van der Waals surface area contributed by atoms with E-state index in [4.69, 9.17) is 9.52 Å². The van der Waals surface area contributed by atoms with E-state index in [1.807, 2.05) is 4.90 Å². The van der Waals surface area contributed by atoms with E-state index in [0.717, 1.165) is 0 Å². The monoisotopic (exact) mass is 342 g/mol. The molecule has 3 rings (SSSR count). The van der Waals surface area contributed by atoms with Crippen molar-refractivity contribution in [3.8, 4) is 0 Å². The van der Waals surface area contributed by atoms with Gasteiger partial charge in [-0.2, -0.15) is 0 Å². The smallest absolute Gasteiger partial charge is 0.304 e. The normalized spacial score (nSPS) is 26.9. The van der Waals surface area contributed by atoms with Crippen LogP contribution < -0.4 is 0 Å². The molecule has 9 heteroatoms. The molecule has 1 aromatic heterocycles. The largest absolute Gasteiger partial charge is 0.481 e. The number of carboxylic acids is 1. The number of rotatable bonds is 4. The van der Waals surface area contributed by atoms with Gasteiger partial charge in [0, 0.05) is 25.7 Å². The fourth-order valence-electron chi connectivity index (χ4n) is 3.35. The van der Waals surface area contributed by atoms with Gasteiger partial charge in [-0.25, -0.2) is 8.42 Å². The molecule has 0 bridgehead atoms. The summed E-state index contributed by atoms with van der Waals surface area (Å²) in [6.45, 7) is 1.13. The van der Waals surface area contributed by atoms with Crippen LogP contribution in [0.4, 0.5) is 0 Å². The summed E-state index contributed by atoms with van der Waals surface area (Å²) >= 11 is 0. The quantitative estimate of drug-likeness (QED) is 0.798. The summed E-state index contributed by atoms with van der Waals surface area (Å²) in [7, 11) is -3.24. The average Bonchev–Trinajstić information content (AvgIpc) is 3.09. The maximum Gasteiger partial charge on any atom is 0.304 e. The predicted octanol–water partition coefficient (Wildman–Crippen LogP) is -0.322. The fraction of sp³-hybridized carbons (Fsp3) is 0.571. The summed E-state index contributed by atoms with van der Waals surface area (Å²) < 4.78 is 29.0. The predicted molar refractivity (Wildman–Crippen MR) is 79.8 cm³/mol. The second-order valence-corrected chi connectivity index (χ2v) is 8.06. The number of piperazine rings is 1. The topological polar surface area (TPSA) is 108 Å². The molecule has 0 saturated carbocycles. The highest BCUT2D eigenvalue weighted by Crippen LogP contribution is 2.28. The number of sulfone groups is 1. The average molecular weight is 342 g/mol. The molecule has 2 fully saturated rings. The Morgan fingerprint density at radius 1 is 1.26 bits per heavy atom. The van der Waals surface area contributed by atoms with Gasteiger partial charge in [0.25, 0.3) is 5.91 Å². The summed E-state index contributed by atoms with van der Waals surface area (Å²) in [5.74, 6) is -1.28. The van der Waals surface area contributed by atoms with Gasteiger partial charge in [0.15, 0.2) is 9.84 Å². The Labute approximate surface area is 133 Å². The van der Waals surface area contributed by atoms with Gasteiger partial charge in [0.2, 0.25) is 0 Å². The number of hydrogen-bond donors (Lipinski definition) is 1. The van der Waals surface area contributed by atoms with Crippen molar-refractivity contribution in [2.45, 2.75) is 18.5 Å². The third-order valence-corrected chi connectivity index (χ3v) is 6.13. The number of carboxylic acid groups (broad SMARTS) is 1. The number of furan rings is 1. The van der Waals surface area contributed by atoms with Crippen molar-refractivity contribution in [1.82, 2.24) is 9.80 Å². The number of amides is 1. The molecule has 1 N–H and O–H groups in total. The van der Waals surface area contributed by atoms with Crippen molar-refractivity contribution in [2.24, 2.45) is 0 Å². The van der Waals surface area contributed by atoms with Crippen LogP contribution in [0.25, 0.3) is 0 Å². The minimum Gasteiger partial charge on any atom is -0.481 e. The molecule has 2 saturated heterocycles. The van der Waals surface area contributed by atoms with E-state index in [0.29, 0.717) is 25.2 Å². The van der Waals surface area contributed by atoms with E-state index in [-0.39, 0.29) is 29.9 Å². The van der Waals surface area contributed by atoms with Gasteiger partial charge in [-0.05, 0) is 6.07 Å². The first-order chi connectivity index (χ1) is 10.9. The molecule has 0 aromatic carbocycles. The number of hydrogen-bond acceptors (Lipinski definition) is 6. The van der Waals surface area contributed by atoms with Crippen LogP contribution in [0.3, 0.4) is 0 Å². The van der Waals surface area contributed by atoms with Crippen LogP contribution in [0.1, 0.15) is 16.8 Å². The van der Waals surface area contributed by atoms with Crippen LogP contribution in [-0.2, 0) is 14.6 Å². The zero-order chi connectivity index (χ0) is 16.6. The number of aliphatic carboxylic acids is 1. The van der Waals surface area contributed by atoms with E-state index < -0.39 is 21.8 Å². The number of carbonyl (C=O) groups is 2. The standard InChI is InChI=1S/C14H18N2O6S/c17-13(18)1-3-15-4-5-16(14(19)10-2-6-22-7-10)12-9-23(20,21)8-11(12)15/h2,6-7,11-12H,1,3-5,8-9H2,(H,17,18)/t11-,12+/m0/s1. The summed E-state index contributed by atoms with van der Waals surface area (Å²) in [5.41, 5.74) is 0.395. The highest BCUT2D eigenvalue weighted by molar-refractivity contribution is 7.91. The van der Waals surface area contributed by atoms with Crippen molar-refractivity contribution in [2.75, 3.05) is 31.1 Å². The minimum atomic E-state index is -3.24. The molecule has 3 heterocycles. The highest BCUT2D eigenvalue weighted by atomic mass is 32.2. The van der Waals surface area contributed by atoms with Gasteiger partial charge >= 0.3 is 5.97 Å². The Balaban J connectivity index is 1.81. The van der Waals surface area contributed by atoms with Crippen molar-refractivity contribution in [1.29, 1.82) is 0 Å². The van der Waals surface area contributed by atoms with Gasteiger partial charge < -0.3 is 14.4 Å². The first kappa shape index (κ1) is 16.0. The molecule has 8 nitrogen and oxygen atoms in total. The van der Waals surface area contributed by atoms with Gasteiger partial charge in [-0.1, -0.05) is 0 Å². The molecule has 1 amide bonds. The number of fused-ring (bicyclic) bond motifs is 1. The Morgan fingerprint density at radius 2 is 2.00 bits per heavy atom. The molecule has 0 radical (unpaired) electrons. The van der Waals surface area contributed by atoms with E-state index in [9.17, 15) is 18.0 Å². The fourth-order valence-corrected chi connectivity index (χ4v) is 5.36. The van der Waals surface area contributed by atoms with Crippen molar-refractivity contribution < 1.29 is 27.5 Å². The SMILES string of the molecule is O=C(O)CCN1CCN(C(=O)c2ccoc2)[C@@H]2CS(=O)(=O)C[C@@H]21. The first-order valence-electron chi connectivity index (χ1n) is 7.37. The minimum absolute atomic E-state index is 0.0353. The summed E-state index contributed by atoms with van der Waals surface area (Å²) in [6.07, 6.45) is 2.70. The molecule has 126 valence electrons. The lowest BCUT2D eigenvalue weighted by Crippen LogP contribution is -2.60. The van der Waals surface area contributed by atoms with Gasteiger partial charge in [-0.3, -0.25) is 14.5 Å². The Hall–Kier alpha value is -1.87. The van der Waals surface area contributed by atoms with E-state index in [1.165, 1.54) is 12.5 Å². The molecule has 23 heavy (non-hydrogen) atoms. The second-order valence-electron chi connectivity index (χ2n) is 5.90. The molecule has 2 aliphatic heterocycles. The third kappa shape index (κ3) is 3.25. The Bertz CT molecular complexity index is 699. The lowest BCUT2D eigenvalue weighted by atomic mass is 10.0. The first-order valence-corrected chi connectivity index (χ1v) is 9.19. The summed E-state index contributed by atoms with van der Waals surface area (Å²) in [4.78, 5) is 26.8. The van der Waals surface area contributed by atoms with Crippen LogP contribution in [0.5, 0.6) is 0 Å². The maximum absolute atomic E-state index is 12.5. The van der Waals surface area contributed by atoms with Gasteiger partial charge in [0.1, 0.15) is 6.26 Å². The van der Waals surface area contributed by atoms with Crippen LogP contribution in [-0.4, -0.2) is 78.4 Å². The second kappa shape index (κ2) is 5.97. The molecule has 2 atom stereocenters. The van der Waals surface area contributed by atoms with Crippen LogP contribution in [0.15, 0.2) is 23.0 Å². The van der Waals surface area contributed by atoms with Crippen LogP contribution in [0, 0.1) is 0 Å². The lowest BCUT2D eigenvalue weighted by Gasteiger charge is -2.43. The summed E-state index contributed by atoms with van der Waals surface area (Å²) in [5, 5.41) is 8.83. The lowest BCUT2D eigenvalue weighted by molar-refractivity contribution is -0.137. The van der Waals surface area contributed by atoms with Crippen LogP contribution in [0.2, 0.25) is 0 Å². The third-order valence-electron chi connectivity index (χ3n) is 4.43. The molecule has 0 spiro atoms. The zero-order valence-electron chi connectivity index (χ0n) is 12.4. The van der Waals surface area contributed by atoms with E-state index in [2.05, 4.69) is 0 Å². The maximum atomic E-state index is 12.5. The van der Waals surface area contributed by atoms with Crippen molar-refractivity contribution in [3.63, 3.8) is 0 Å². The zero-order valence-corrected chi connectivity index (χ0v) is 13.2. The van der Waals surface area contributed by atoms with Gasteiger partial charge in [0.05, 0.1) is 35.8 Å². The van der Waals surface area contributed by atoms with Gasteiger partial charge in [-0.15, -0.1) is 0 Å². The van der Waals surface area contributed by atoms with E-state index in [1.54, 1.807) is 11.0 Å². The number of carbonyl (C=O) groups excluding carboxylic acids is 1.